The van der Waals surface area contributed by atoms with Crippen LogP contribution in [0.15, 0.2) is 29.3 Å². The lowest BCUT2D eigenvalue weighted by Crippen LogP contribution is -2.71. The number of amides is 6. The Hall–Kier alpha value is -5.12. The van der Waals surface area contributed by atoms with Gasteiger partial charge in [-0.15, -0.1) is 0 Å². The molecule has 0 saturated carbocycles. The Bertz CT molecular complexity index is 1640. The van der Waals surface area contributed by atoms with Gasteiger partial charge in [0.15, 0.2) is 6.67 Å². The van der Waals surface area contributed by atoms with E-state index in [4.69, 9.17) is 10.8 Å². The fourth-order valence-electron chi connectivity index (χ4n) is 6.11. The zero-order valence-electron chi connectivity index (χ0n) is 34.4. The minimum atomic E-state index is -0.982. The van der Waals surface area contributed by atoms with Gasteiger partial charge in [0.2, 0.25) is 41.7 Å². The molecule has 1 heterocycles. The van der Waals surface area contributed by atoms with Crippen molar-refractivity contribution in [2.75, 3.05) is 59.2 Å². The summed E-state index contributed by atoms with van der Waals surface area (Å²) in [6.07, 6.45) is 1.44. The van der Waals surface area contributed by atoms with Crippen molar-refractivity contribution in [1.29, 1.82) is 0 Å². The van der Waals surface area contributed by atoms with Crippen LogP contribution in [0.25, 0.3) is 0 Å². The number of carboxylic acids is 1. The normalized spacial score (nSPS) is 17.8. The van der Waals surface area contributed by atoms with Gasteiger partial charge in [0, 0.05) is 77.0 Å². The van der Waals surface area contributed by atoms with Crippen LogP contribution in [0.4, 0.5) is 0 Å². The van der Waals surface area contributed by atoms with Crippen LogP contribution in [0, 0.1) is 0 Å². The van der Waals surface area contributed by atoms with Crippen LogP contribution in [0.5, 0.6) is 5.75 Å². The zero-order valence-corrected chi connectivity index (χ0v) is 35.3. The molecule has 2 rings (SSSR count). The molecule has 0 radical (unpaired) electrons. The molecular formula is C38H63N12O9S+. The van der Waals surface area contributed by atoms with Crippen LogP contribution in [-0.4, -0.2) is 145 Å². The van der Waals surface area contributed by atoms with Crippen molar-refractivity contribution in [3.8, 4) is 5.75 Å². The molecule has 21 nitrogen and oxygen atoms in total. The van der Waals surface area contributed by atoms with E-state index in [1.165, 1.54) is 19.2 Å². The van der Waals surface area contributed by atoms with Crippen molar-refractivity contribution in [1.82, 2.24) is 47.9 Å². The van der Waals surface area contributed by atoms with Gasteiger partial charge in [-0.05, 0) is 55.4 Å². The highest BCUT2D eigenvalue weighted by molar-refractivity contribution is 7.80. The number of hydrogen-bond acceptors (Lipinski definition) is 14. The Balaban J connectivity index is 1.96. The zero-order chi connectivity index (χ0) is 44.3. The first-order valence-corrected chi connectivity index (χ1v) is 20.7. The number of aliphatic imine (C=N–C) groups is 1. The number of thiol groups is 1. The van der Waals surface area contributed by atoms with Gasteiger partial charge < -0.3 is 53.2 Å². The van der Waals surface area contributed by atoms with Gasteiger partial charge in [0.1, 0.15) is 30.5 Å². The Morgan fingerprint density at radius 3 is 2.22 bits per heavy atom. The quantitative estimate of drug-likeness (QED) is 0.0208. The van der Waals surface area contributed by atoms with Crippen LogP contribution in [0.1, 0.15) is 69.8 Å². The number of likely N-dealkylation sites (N-methyl/N-ethyl adjacent to an activating group) is 1. The Kier molecular flexibility index (Phi) is 24.1. The van der Waals surface area contributed by atoms with Crippen molar-refractivity contribution < 1.29 is 48.4 Å². The number of aliphatic carboxylic acids is 1. The molecule has 1 aromatic rings. The lowest BCUT2D eigenvalue weighted by atomic mass is 10.0. The molecular weight excluding hydrogens is 801 g/mol. The maximum atomic E-state index is 13.3. The highest BCUT2D eigenvalue weighted by Crippen LogP contribution is 2.12. The second-order valence-corrected chi connectivity index (χ2v) is 14.7. The summed E-state index contributed by atoms with van der Waals surface area (Å²) in [7, 11) is 3.26. The molecule has 1 aliphatic heterocycles. The summed E-state index contributed by atoms with van der Waals surface area (Å²) < 4.78 is 1.59. The summed E-state index contributed by atoms with van der Waals surface area (Å²) >= 11 is 4.01. The first kappa shape index (κ1) is 51.0. The Morgan fingerprint density at radius 1 is 0.917 bits per heavy atom. The summed E-state index contributed by atoms with van der Waals surface area (Å²) in [6.45, 7) is 1.88. The van der Waals surface area contributed by atoms with Gasteiger partial charge in [0.05, 0.1) is 0 Å². The first-order valence-electron chi connectivity index (χ1n) is 20.0. The highest BCUT2D eigenvalue weighted by Gasteiger charge is 2.33. The van der Waals surface area contributed by atoms with Crippen LogP contribution in [-0.2, 0) is 40.0 Å². The van der Waals surface area contributed by atoms with Gasteiger partial charge in [0.25, 0.3) is 0 Å². The standard InChI is InChI=1S/C38H62N12O9S/c1-40-22-38(49-33(55)11-7-12-34(56)57)23-42-18-19-44-37(50(24-41-2)25-45-38)48-32(54)10-6-9-31(53)46-28(20-26-13-15-27(51)16-14-26)36(59)43-17-5-3-4-8-30(52)47-29(21-60)35(39)58/h13-16,28-29,37,40,42,44-45H,3-12,17-23,25H2,1-2H3,(H9-,39,43,46,47,48,49,51,52,53,54,55,56,57,58,59,60)/p+1. The number of carbonyl (C=O) groups excluding carboxylic acids is 6. The van der Waals surface area contributed by atoms with Crippen LogP contribution in [0.3, 0.4) is 0 Å². The number of nitrogens with one attached hydrogen (secondary N) is 9. The third-order valence-electron chi connectivity index (χ3n) is 9.22. The van der Waals surface area contributed by atoms with E-state index in [1.807, 2.05) is 0 Å². The van der Waals surface area contributed by atoms with Crippen molar-refractivity contribution in [3.63, 3.8) is 0 Å². The van der Waals surface area contributed by atoms with Crippen molar-refractivity contribution >= 4 is 60.0 Å². The highest BCUT2D eigenvalue weighted by atomic mass is 32.1. The van der Waals surface area contributed by atoms with E-state index in [0.29, 0.717) is 57.5 Å². The maximum Gasteiger partial charge on any atom is 0.310 e. The van der Waals surface area contributed by atoms with E-state index < -0.39 is 47.7 Å². The molecule has 22 heteroatoms. The minimum absolute atomic E-state index is 0.0187. The smallest absolute Gasteiger partial charge is 0.310 e. The topological polar surface area (TPSA) is 310 Å². The van der Waals surface area contributed by atoms with Gasteiger partial charge in [-0.1, -0.05) is 18.6 Å². The summed E-state index contributed by atoms with van der Waals surface area (Å²) in [5, 5.41) is 45.6. The average molecular weight is 864 g/mol. The van der Waals surface area contributed by atoms with Crippen molar-refractivity contribution in [2.24, 2.45) is 10.7 Å². The lowest BCUT2D eigenvalue weighted by molar-refractivity contribution is -0.577. The number of carbonyl (C=O) groups is 7. The third kappa shape index (κ3) is 20.7. The van der Waals surface area contributed by atoms with Crippen LogP contribution in [0.2, 0.25) is 0 Å². The predicted molar refractivity (Wildman–Crippen MR) is 225 cm³/mol. The largest absolute Gasteiger partial charge is 0.508 e. The van der Waals surface area contributed by atoms with Crippen molar-refractivity contribution in [3.05, 3.63) is 29.8 Å². The monoisotopic (exact) mass is 863 g/mol. The fourth-order valence-corrected chi connectivity index (χ4v) is 6.38. The molecule has 60 heavy (non-hydrogen) atoms. The van der Waals surface area contributed by atoms with Crippen LogP contribution < -0.4 is 53.6 Å². The molecule has 13 N–H and O–H groups in total. The summed E-state index contributed by atoms with van der Waals surface area (Å²) in [6, 6.07) is 7.34. The summed E-state index contributed by atoms with van der Waals surface area (Å²) in [5.41, 5.74) is 4.96. The SMILES string of the molecule is CN=C=[N+]1CNC(CNC)(NC(=O)CCCC(=O)O)CNCCNC1NC(=O)CCCC(=O)NC(Cc1ccc(O)cc1)C(=O)NCCCCCC(=O)NC(CS)C(N)=O. The molecule has 0 aliphatic carbocycles. The van der Waals surface area contributed by atoms with E-state index in [0.717, 1.165) is 0 Å². The van der Waals surface area contributed by atoms with E-state index in [-0.39, 0.29) is 87.3 Å². The molecule has 4 unspecified atom stereocenters. The Morgan fingerprint density at radius 2 is 1.57 bits per heavy atom. The summed E-state index contributed by atoms with van der Waals surface area (Å²) in [5.74, 6) is -3.36. The Labute approximate surface area is 355 Å². The number of phenolic OH excluding ortho intramolecular Hbond substituents is 1. The van der Waals surface area contributed by atoms with Gasteiger partial charge in [-0.2, -0.15) is 17.2 Å². The number of primary amides is 1. The van der Waals surface area contributed by atoms with Crippen LogP contribution >= 0.6 is 12.6 Å². The number of aromatic hydroxyl groups is 1. The minimum Gasteiger partial charge on any atom is -0.508 e. The molecule has 0 aromatic heterocycles. The third-order valence-corrected chi connectivity index (χ3v) is 9.59. The molecule has 1 aromatic carbocycles. The number of rotatable bonds is 25. The van der Waals surface area contributed by atoms with E-state index in [1.54, 1.807) is 23.8 Å². The van der Waals surface area contributed by atoms with E-state index in [9.17, 15) is 38.7 Å². The molecule has 4 atom stereocenters. The number of benzene rings is 1. The predicted octanol–water partition coefficient (Wildman–Crippen LogP) is -2.59. The molecule has 334 valence electrons. The lowest BCUT2D eigenvalue weighted by Gasteiger charge is -2.37. The van der Waals surface area contributed by atoms with E-state index >= 15 is 0 Å². The summed E-state index contributed by atoms with van der Waals surface area (Å²) in [4.78, 5) is 90.7. The second kappa shape index (κ2) is 28.4. The fraction of sp³-hybridized carbons (Fsp3) is 0.632. The number of hydrogen-bond donors (Lipinski definition) is 13. The number of unbranched alkanes of at least 4 members (excludes halogenated alkanes) is 2. The molecule has 6 amide bonds. The number of nitrogens with two attached hydrogens (primary N) is 1. The van der Waals surface area contributed by atoms with Gasteiger partial charge in [-0.3, -0.25) is 44.2 Å². The molecule has 1 aliphatic rings. The molecule has 1 fully saturated rings. The number of nitrogens with zero attached hydrogens (tertiary/aromatic N) is 2. The maximum absolute atomic E-state index is 13.3. The second-order valence-electron chi connectivity index (χ2n) is 14.3. The van der Waals surface area contributed by atoms with E-state index in [2.05, 4.69) is 71.5 Å². The molecule has 0 bridgehead atoms. The number of phenols is 1. The molecule has 1 saturated heterocycles. The van der Waals surface area contributed by atoms with Crippen molar-refractivity contribution in [2.45, 2.75) is 94.7 Å². The molecule has 0 spiro atoms. The average Bonchev–Trinajstić information content (AvgIpc) is 3.19. The van der Waals surface area contributed by atoms with Gasteiger partial charge >= 0.3 is 12.0 Å². The number of carboxylic acid groups (broad SMARTS) is 1. The first-order chi connectivity index (χ1) is 28.7. The van der Waals surface area contributed by atoms with Gasteiger partial charge in [-0.25, -0.2) is 0 Å².